The van der Waals surface area contributed by atoms with E-state index in [0.717, 1.165) is 12.1 Å². The minimum atomic E-state index is -0.00542. The van der Waals surface area contributed by atoms with Gasteiger partial charge in [-0.1, -0.05) is 0 Å². The molecule has 5 rings (SSSR count). The van der Waals surface area contributed by atoms with Gasteiger partial charge in [-0.15, -0.1) is 0 Å². The molecule has 3 saturated heterocycles. The summed E-state index contributed by atoms with van der Waals surface area (Å²) in [5.41, 5.74) is 1.67. The van der Waals surface area contributed by atoms with Gasteiger partial charge in [-0.3, -0.25) is 4.79 Å². The number of amides is 1. The first kappa shape index (κ1) is 15.3. The van der Waals surface area contributed by atoms with Gasteiger partial charge in [0.15, 0.2) is 0 Å². The van der Waals surface area contributed by atoms with Crippen molar-refractivity contribution >= 4 is 5.91 Å². The molecule has 4 heterocycles. The summed E-state index contributed by atoms with van der Waals surface area (Å²) in [6.45, 7) is 5.28. The van der Waals surface area contributed by atoms with E-state index < -0.39 is 0 Å². The van der Waals surface area contributed by atoms with Crippen molar-refractivity contribution < 1.29 is 13.9 Å². The van der Waals surface area contributed by atoms with Crippen molar-refractivity contribution in [3.8, 4) is 11.7 Å². The van der Waals surface area contributed by atoms with Crippen LogP contribution in [0.15, 0.2) is 41.0 Å². The molecule has 0 spiro atoms. The highest BCUT2D eigenvalue weighted by Crippen LogP contribution is 2.28. The Balaban J connectivity index is 1.38. The topological polar surface area (TPSA) is 54.7 Å². The summed E-state index contributed by atoms with van der Waals surface area (Å²) < 4.78 is 10.9. The van der Waals surface area contributed by atoms with Gasteiger partial charge in [0.2, 0.25) is 0 Å². The van der Waals surface area contributed by atoms with Gasteiger partial charge in [-0.2, -0.15) is 0 Å². The molecule has 126 valence electrons. The van der Waals surface area contributed by atoms with Crippen LogP contribution in [0, 0.1) is 12.8 Å². The van der Waals surface area contributed by atoms with Crippen LogP contribution in [0.25, 0.3) is 0 Å². The number of carbonyl (C=O) groups is 1. The largest absolute Gasteiger partial charge is 0.434 e. The number of fused-ring (bicyclic) bond motifs is 3. The molecule has 5 heteroatoms. The van der Waals surface area contributed by atoms with Crippen LogP contribution in [-0.4, -0.2) is 36.5 Å². The van der Waals surface area contributed by atoms with E-state index in [9.17, 15) is 4.79 Å². The Kier molecular flexibility index (Phi) is 4.02. The summed E-state index contributed by atoms with van der Waals surface area (Å²) in [5.74, 6) is 1.73. The molecule has 0 aliphatic carbocycles. The van der Waals surface area contributed by atoms with E-state index in [1.807, 2.05) is 13.0 Å². The van der Waals surface area contributed by atoms with Crippen LogP contribution < -0.4 is 10.1 Å². The summed E-state index contributed by atoms with van der Waals surface area (Å²) >= 11 is 0. The second-order valence-corrected chi connectivity index (χ2v) is 6.79. The maximum absolute atomic E-state index is 12.5. The number of benzene rings is 1. The smallest absolute Gasteiger partial charge is 0.290 e. The molecule has 24 heavy (non-hydrogen) atoms. The van der Waals surface area contributed by atoms with Gasteiger partial charge in [0.25, 0.3) is 11.9 Å². The Morgan fingerprint density at radius 2 is 2.00 bits per heavy atom. The highest BCUT2D eigenvalue weighted by molar-refractivity contribution is 5.94. The third-order valence-corrected chi connectivity index (χ3v) is 5.01. The van der Waals surface area contributed by atoms with Crippen LogP contribution in [0.3, 0.4) is 0 Å². The summed E-state index contributed by atoms with van der Waals surface area (Å²) in [4.78, 5) is 14.9. The maximum Gasteiger partial charge on any atom is 0.290 e. The zero-order valence-corrected chi connectivity index (χ0v) is 13.8. The number of piperidine rings is 3. The van der Waals surface area contributed by atoms with Crippen molar-refractivity contribution in [2.45, 2.75) is 25.8 Å². The van der Waals surface area contributed by atoms with E-state index in [-0.39, 0.29) is 11.9 Å². The van der Waals surface area contributed by atoms with Crippen LogP contribution in [0.2, 0.25) is 0 Å². The number of nitrogens with one attached hydrogen (secondary N) is 1. The third kappa shape index (κ3) is 3.17. The Morgan fingerprint density at radius 1 is 1.25 bits per heavy atom. The molecule has 3 aliphatic rings. The molecule has 2 bridgehead atoms. The van der Waals surface area contributed by atoms with Crippen molar-refractivity contribution in [1.29, 1.82) is 0 Å². The number of rotatable bonds is 4. The summed E-state index contributed by atoms with van der Waals surface area (Å²) in [5, 5.41) is 3.20. The van der Waals surface area contributed by atoms with Crippen LogP contribution >= 0.6 is 0 Å². The van der Waals surface area contributed by atoms with Crippen molar-refractivity contribution in [1.82, 2.24) is 10.2 Å². The molecule has 3 aliphatic heterocycles. The lowest BCUT2D eigenvalue weighted by atomic mass is 9.84. The van der Waals surface area contributed by atoms with Gasteiger partial charge in [0.1, 0.15) is 5.75 Å². The van der Waals surface area contributed by atoms with Crippen LogP contribution in [0.1, 0.15) is 28.8 Å². The molecule has 3 fully saturated rings. The third-order valence-electron chi connectivity index (χ3n) is 5.01. The second-order valence-electron chi connectivity index (χ2n) is 6.79. The SMILES string of the molecule is Cc1coc(Oc2ccc(C(=O)NC3CN4CCC3CC4)cc2)c1. The standard InChI is InChI=1S/C19H22N2O3/c1-13-10-18(23-12-13)24-16-4-2-15(3-5-16)19(22)20-17-11-21-8-6-14(17)7-9-21/h2-5,10,12,14,17H,6-9,11H2,1H3,(H,20,22). The number of hydrogen-bond donors (Lipinski definition) is 1. The quantitative estimate of drug-likeness (QED) is 0.937. The van der Waals surface area contributed by atoms with Crippen molar-refractivity contribution in [2.24, 2.45) is 5.92 Å². The first-order valence-corrected chi connectivity index (χ1v) is 8.54. The highest BCUT2D eigenvalue weighted by Gasteiger charge is 2.34. The molecular weight excluding hydrogens is 304 g/mol. The predicted molar refractivity (Wildman–Crippen MR) is 90.4 cm³/mol. The fraction of sp³-hybridized carbons (Fsp3) is 0.421. The zero-order valence-electron chi connectivity index (χ0n) is 13.8. The number of nitrogens with zero attached hydrogens (tertiary/aromatic N) is 1. The van der Waals surface area contributed by atoms with Crippen LogP contribution in [0.4, 0.5) is 0 Å². The Bertz CT molecular complexity index is 714. The monoisotopic (exact) mass is 326 g/mol. The summed E-state index contributed by atoms with van der Waals surface area (Å²) in [6.07, 6.45) is 4.03. The minimum absolute atomic E-state index is 0.00542. The normalized spacial score (nSPS) is 25.5. The van der Waals surface area contributed by atoms with E-state index >= 15 is 0 Å². The number of hydrogen-bond acceptors (Lipinski definition) is 4. The Morgan fingerprint density at radius 3 is 2.58 bits per heavy atom. The van der Waals surface area contributed by atoms with E-state index in [0.29, 0.717) is 23.2 Å². The Hall–Kier alpha value is -2.27. The second kappa shape index (κ2) is 6.32. The molecule has 1 unspecified atom stereocenters. The van der Waals surface area contributed by atoms with Crippen molar-refractivity contribution in [3.05, 3.63) is 47.7 Å². The highest BCUT2D eigenvalue weighted by atomic mass is 16.6. The van der Waals surface area contributed by atoms with Gasteiger partial charge >= 0.3 is 0 Å². The predicted octanol–water partition coefficient (Wildman–Crippen LogP) is 3.20. The molecule has 1 aromatic carbocycles. The first-order valence-electron chi connectivity index (χ1n) is 8.54. The Labute approximate surface area is 141 Å². The van der Waals surface area contributed by atoms with Crippen molar-refractivity contribution in [3.63, 3.8) is 0 Å². The van der Waals surface area contributed by atoms with Gasteiger partial charge in [-0.25, -0.2) is 0 Å². The molecule has 0 radical (unpaired) electrons. The van der Waals surface area contributed by atoms with Gasteiger partial charge in [0, 0.05) is 24.2 Å². The molecule has 5 nitrogen and oxygen atoms in total. The van der Waals surface area contributed by atoms with E-state index in [1.54, 1.807) is 30.5 Å². The summed E-state index contributed by atoms with van der Waals surface area (Å²) in [6, 6.07) is 9.28. The molecular formula is C19H22N2O3. The molecule has 1 aromatic heterocycles. The lowest BCUT2D eigenvalue weighted by Crippen LogP contribution is -2.57. The van der Waals surface area contributed by atoms with Crippen LogP contribution in [-0.2, 0) is 0 Å². The number of ether oxygens (including phenoxy) is 1. The van der Waals surface area contributed by atoms with Crippen molar-refractivity contribution in [2.75, 3.05) is 19.6 Å². The number of furan rings is 1. The molecule has 1 atom stereocenters. The fourth-order valence-electron chi connectivity index (χ4n) is 3.63. The molecule has 1 amide bonds. The lowest BCUT2D eigenvalue weighted by Gasteiger charge is -2.44. The zero-order chi connectivity index (χ0) is 16.5. The average molecular weight is 326 g/mol. The summed E-state index contributed by atoms with van der Waals surface area (Å²) in [7, 11) is 0. The van der Waals surface area contributed by atoms with E-state index in [2.05, 4.69) is 10.2 Å². The van der Waals surface area contributed by atoms with Gasteiger partial charge in [-0.05, 0) is 68.6 Å². The molecule has 0 saturated carbocycles. The maximum atomic E-state index is 12.5. The lowest BCUT2D eigenvalue weighted by molar-refractivity contribution is 0.0620. The van der Waals surface area contributed by atoms with Gasteiger partial charge in [0.05, 0.1) is 6.26 Å². The fourth-order valence-corrected chi connectivity index (χ4v) is 3.63. The number of aryl methyl sites for hydroxylation is 1. The van der Waals surface area contributed by atoms with E-state index in [4.69, 9.17) is 9.15 Å². The molecule has 1 N–H and O–H groups in total. The number of carbonyl (C=O) groups excluding carboxylic acids is 1. The molecule has 2 aromatic rings. The van der Waals surface area contributed by atoms with Gasteiger partial charge < -0.3 is 19.4 Å². The minimum Gasteiger partial charge on any atom is -0.434 e. The first-order chi connectivity index (χ1) is 11.7. The van der Waals surface area contributed by atoms with Crippen LogP contribution in [0.5, 0.6) is 11.7 Å². The van der Waals surface area contributed by atoms with E-state index in [1.165, 1.54) is 25.9 Å². The average Bonchev–Trinajstić information content (AvgIpc) is 3.01.